The Morgan fingerprint density at radius 2 is 0.633 bits per heavy atom. The summed E-state index contributed by atoms with van der Waals surface area (Å²) in [6.07, 6.45) is 0. The van der Waals surface area contributed by atoms with Gasteiger partial charge in [-0.3, -0.25) is 0 Å². The first-order valence-corrected chi connectivity index (χ1v) is 20.5. The molecule has 0 spiro atoms. The van der Waals surface area contributed by atoms with Crippen LogP contribution in [0, 0.1) is 0 Å². The third kappa shape index (κ3) is 4.26. The molecule has 0 amide bonds. The molecule has 0 aliphatic carbocycles. The number of rotatable bonds is 3. The molecule has 0 unspecified atom stereocenters. The molecule has 0 saturated heterocycles. The maximum absolute atomic E-state index is 6.55. The molecule has 278 valence electrons. The summed E-state index contributed by atoms with van der Waals surface area (Å²) in [7, 11) is -0.533. The fraction of sp³-hybridized carbons (Fsp3) is 0. The Hall–Kier alpha value is -7.96. The van der Waals surface area contributed by atoms with E-state index in [0.717, 1.165) is 67.3 Å². The summed E-state index contributed by atoms with van der Waals surface area (Å²) in [5.41, 5.74) is 15.8. The summed E-state index contributed by atoms with van der Waals surface area (Å²) in [6, 6.07) is 70.3. The minimum Gasteiger partial charge on any atom is -0.521 e. The van der Waals surface area contributed by atoms with Gasteiger partial charge in [-0.25, -0.2) is 0 Å². The molecule has 3 aromatic heterocycles. The highest BCUT2D eigenvalue weighted by molar-refractivity contribution is 6.68. The van der Waals surface area contributed by atoms with Gasteiger partial charge < -0.3 is 23.0 Å². The van der Waals surface area contributed by atoms with Gasteiger partial charge in [0.25, 0.3) is 0 Å². The molecule has 0 fully saturated rings. The van der Waals surface area contributed by atoms with E-state index in [9.17, 15) is 0 Å². The largest absolute Gasteiger partial charge is 0.633 e. The van der Waals surface area contributed by atoms with Crippen molar-refractivity contribution >= 4 is 78.0 Å². The molecule has 2 aliphatic rings. The van der Waals surface area contributed by atoms with Crippen molar-refractivity contribution in [3.05, 3.63) is 194 Å². The number of benzene rings is 9. The first-order valence-electron chi connectivity index (χ1n) is 20.5. The van der Waals surface area contributed by atoms with E-state index in [-0.39, 0.29) is 0 Å². The standard InChI is InChI=1S/C54H32BN3O2/c1-7-19-46-36(13-1)37-14-2-8-20-47(37)56(46)33-25-27-50-42(29-33)43-30-34(57-48-21-9-3-15-38(48)39-16-4-10-22-49(39)57)26-28-51(43)58(50)35-31-44-40-17-5-11-23-52(40)59-55-54(44)45(32-35)41-18-6-12-24-53(41)60-55/h1-32H. The zero-order valence-corrected chi connectivity index (χ0v) is 32.2. The van der Waals surface area contributed by atoms with Crippen molar-refractivity contribution in [2.24, 2.45) is 0 Å². The van der Waals surface area contributed by atoms with E-state index in [1.807, 2.05) is 24.3 Å². The van der Waals surface area contributed by atoms with Gasteiger partial charge in [-0.1, -0.05) is 109 Å². The van der Waals surface area contributed by atoms with Crippen molar-refractivity contribution < 1.29 is 9.31 Å². The fourth-order valence-corrected chi connectivity index (χ4v) is 10.4. The van der Waals surface area contributed by atoms with E-state index in [1.54, 1.807) is 0 Å². The van der Waals surface area contributed by atoms with Crippen molar-refractivity contribution in [3.63, 3.8) is 0 Å². The SMILES string of the molecule is c1ccc2c(c1)OB1Oc3ccccc3-c3cc(-n4c5ccc(-n6c7ccccc7c7ccccc76)cc5c5cc(-n6c7ccccc7c7ccccc76)ccc54)cc-2c31. The van der Waals surface area contributed by atoms with Crippen molar-refractivity contribution in [2.45, 2.75) is 0 Å². The van der Waals surface area contributed by atoms with Crippen molar-refractivity contribution in [1.29, 1.82) is 0 Å². The predicted octanol–water partition coefficient (Wildman–Crippen LogP) is 12.8. The molecule has 2 aliphatic heterocycles. The van der Waals surface area contributed by atoms with Crippen LogP contribution in [0.4, 0.5) is 0 Å². The van der Waals surface area contributed by atoms with Gasteiger partial charge in [-0.05, 0) is 96.1 Å². The normalized spacial score (nSPS) is 12.9. The number of fused-ring (bicyclic) bond motifs is 13. The van der Waals surface area contributed by atoms with Gasteiger partial charge in [0, 0.05) is 66.0 Å². The summed E-state index contributed by atoms with van der Waals surface area (Å²) in [5, 5.41) is 7.36. The molecule has 0 radical (unpaired) electrons. The molecule has 0 N–H and O–H groups in total. The van der Waals surface area contributed by atoms with Crippen molar-refractivity contribution in [1.82, 2.24) is 13.7 Å². The number of aromatic nitrogens is 3. The van der Waals surface area contributed by atoms with Gasteiger partial charge in [-0.2, -0.15) is 0 Å². The van der Waals surface area contributed by atoms with Gasteiger partial charge in [0.1, 0.15) is 11.5 Å². The Balaban J connectivity index is 1.09. The number of para-hydroxylation sites is 6. The van der Waals surface area contributed by atoms with E-state index in [4.69, 9.17) is 9.31 Å². The zero-order valence-electron chi connectivity index (χ0n) is 32.2. The number of hydrogen-bond acceptors (Lipinski definition) is 2. The van der Waals surface area contributed by atoms with E-state index in [2.05, 4.69) is 184 Å². The van der Waals surface area contributed by atoms with Crippen LogP contribution in [0.1, 0.15) is 0 Å². The van der Waals surface area contributed by atoms with E-state index >= 15 is 0 Å². The van der Waals surface area contributed by atoms with Crippen LogP contribution in [-0.4, -0.2) is 20.8 Å². The lowest BCUT2D eigenvalue weighted by Gasteiger charge is -2.32. The molecular formula is C54H32BN3O2. The highest BCUT2D eigenvalue weighted by Gasteiger charge is 2.42. The lowest BCUT2D eigenvalue weighted by molar-refractivity contribution is 0.436. The van der Waals surface area contributed by atoms with E-state index in [1.165, 1.54) is 54.4 Å². The molecule has 9 aromatic carbocycles. The second-order valence-electron chi connectivity index (χ2n) is 16.0. The molecule has 5 nitrogen and oxygen atoms in total. The number of nitrogens with zero attached hydrogens (tertiary/aromatic N) is 3. The highest BCUT2D eigenvalue weighted by Crippen LogP contribution is 2.45. The summed E-state index contributed by atoms with van der Waals surface area (Å²) >= 11 is 0. The molecule has 14 rings (SSSR count). The Morgan fingerprint density at radius 1 is 0.283 bits per heavy atom. The quantitative estimate of drug-likeness (QED) is 0.168. The molecule has 0 bridgehead atoms. The van der Waals surface area contributed by atoms with Gasteiger partial charge in [0.05, 0.1) is 33.1 Å². The lowest BCUT2D eigenvalue weighted by Crippen LogP contribution is -2.49. The van der Waals surface area contributed by atoms with Crippen LogP contribution in [-0.2, 0) is 0 Å². The lowest BCUT2D eigenvalue weighted by atomic mass is 9.66. The Labute approximate surface area is 344 Å². The third-order valence-corrected chi connectivity index (χ3v) is 12.9. The smallest absolute Gasteiger partial charge is 0.521 e. The molecule has 6 heteroatoms. The zero-order chi connectivity index (χ0) is 39.1. The van der Waals surface area contributed by atoms with Crippen LogP contribution in [0.25, 0.3) is 105 Å². The van der Waals surface area contributed by atoms with Crippen molar-refractivity contribution in [3.8, 4) is 50.8 Å². The first-order chi connectivity index (χ1) is 29.8. The van der Waals surface area contributed by atoms with E-state index in [0.29, 0.717) is 0 Å². The van der Waals surface area contributed by atoms with Crippen LogP contribution in [0.15, 0.2) is 194 Å². The predicted molar refractivity (Wildman–Crippen MR) is 247 cm³/mol. The third-order valence-electron chi connectivity index (χ3n) is 12.9. The van der Waals surface area contributed by atoms with Gasteiger partial charge in [-0.15, -0.1) is 0 Å². The highest BCUT2D eigenvalue weighted by atomic mass is 16.6. The Kier molecular flexibility index (Phi) is 6.31. The topological polar surface area (TPSA) is 33.2 Å². The van der Waals surface area contributed by atoms with Gasteiger partial charge in [0.2, 0.25) is 0 Å². The fourth-order valence-electron chi connectivity index (χ4n) is 10.4. The minimum absolute atomic E-state index is 0.533. The molecule has 60 heavy (non-hydrogen) atoms. The average molecular weight is 766 g/mol. The second-order valence-corrected chi connectivity index (χ2v) is 16.0. The van der Waals surface area contributed by atoms with E-state index < -0.39 is 7.12 Å². The van der Waals surface area contributed by atoms with Crippen LogP contribution in [0.2, 0.25) is 0 Å². The molecule has 12 aromatic rings. The van der Waals surface area contributed by atoms with Crippen LogP contribution in [0.5, 0.6) is 11.5 Å². The van der Waals surface area contributed by atoms with Crippen LogP contribution < -0.4 is 14.8 Å². The molecular weight excluding hydrogens is 733 g/mol. The molecule has 0 atom stereocenters. The summed E-state index contributed by atoms with van der Waals surface area (Å²) in [6.45, 7) is 0. The van der Waals surface area contributed by atoms with Gasteiger partial charge >= 0.3 is 7.12 Å². The number of hydrogen-bond donors (Lipinski definition) is 0. The van der Waals surface area contributed by atoms with Gasteiger partial charge in [0.15, 0.2) is 0 Å². The Bertz CT molecular complexity index is 3470. The van der Waals surface area contributed by atoms with Crippen LogP contribution >= 0.6 is 0 Å². The van der Waals surface area contributed by atoms with Crippen molar-refractivity contribution in [2.75, 3.05) is 0 Å². The first kappa shape index (κ1) is 32.1. The minimum atomic E-state index is -0.533. The summed E-state index contributed by atoms with van der Waals surface area (Å²) < 4.78 is 20.4. The van der Waals surface area contributed by atoms with Crippen LogP contribution in [0.3, 0.4) is 0 Å². The maximum Gasteiger partial charge on any atom is 0.633 e. The second kappa shape index (κ2) is 11.8. The summed E-state index contributed by atoms with van der Waals surface area (Å²) in [5.74, 6) is 1.65. The Morgan fingerprint density at radius 3 is 1.07 bits per heavy atom. The summed E-state index contributed by atoms with van der Waals surface area (Å²) in [4.78, 5) is 0. The maximum atomic E-state index is 6.55. The average Bonchev–Trinajstić information content (AvgIpc) is 3.94. The molecule has 0 saturated carbocycles. The monoisotopic (exact) mass is 765 g/mol. The molecule has 5 heterocycles.